The number of aryl methyl sites for hydroxylation is 1. The highest BCUT2D eigenvalue weighted by Gasteiger charge is 2.18. The highest BCUT2D eigenvalue weighted by Crippen LogP contribution is 2.16. The van der Waals surface area contributed by atoms with Crippen LogP contribution in [0, 0.1) is 0 Å². The monoisotopic (exact) mass is 306 g/mol. The fourth-order valence-corrected chi connectivity index (χ4v) is 3.09. The largest absolute Gasteiger partial charge is 0.321 e. The van der Waals surface area contributed by atoms with Crippen LogP contribution < -0.4 is 16.0 Å². The summed E-state index contributed by atoms with van der Waals surface area (Å²) >= 11 is 0. The SMILES string of the molecule is NNc1cccnc1S(=O)(=O)NCCCc1ccccc1. The first-order valence-electron chi connectivity index (χ1n) is 6.59. The molecular formula is C14H18N4O2S. The Hall–Kier alpha value is -1.96. The number of nitrogens with two attached hydrogens (primary N) is 1. The summed E-state index contributed by atoms with van der Waals surface area (Å²) in [5, 5.41) is -0.0905. The minimum Gasteiger partial charge on any atom is -0.321 e. The van der Waals surface area contributed by atoms with Gasteiger partial charge in [-0.15, -0.1) is 0 Å². The van der Waals surface area contributed by atoms with E-state index in [9.17, 15) is 8.42 Å². The van der Waals surface area contributed by atoms with Crippen molar-refractivity contribution in [3.05, 3.63) is 54.2 Å². The van der Waals surface area contributed by atoms with Crippen LogP contribution in [-0.4, -0.2) is 19.9 Å². The van der Waals surface area contributed by atoms with E-state index < -0.39 is 10.0 Å². The third-order valence-electron chi connectivity index (χ3n) is 2.96. The normalized spacial score (nSPS) is 11.3. The number of hydrogen-bond donors (Lipinski definition) is 3. The van der Waals surface area contributed by atoms with Gasteiger partial charge in [0.25, 0.3) is 10.0 Å². The molecule has 0 saturated heterocycles. The highest BCUT2D eigenvalue weighted by atomic mass is 32.2. The van der Waals surface area contributed by atoms with E-state index in [1.54, 1.807) is 12.1 Å². The predicted molar refractivity (Wildman–Crippen MR) is 82.0 cm³/mol. The number of hydrogen-bond acceptors (Lipinski definition) is 5. The van der Waals surface area contributed by atoms with Crippen molar-refractivity contribution in [1.29, 1.82) is 0 Å². The quantitative estimate of drug-likeness (QED) is 0.407. The minimum absolute atomic E-state index is 0.0905. The van der Waals surface area contributed by atoms with E-state index in [4.69, 9.17) is 5.84 Å². The molecule has 0 aliphatic heterocycles. The van der Waals surface area contributed by atoms with Crippen LogP contribution in [0.4, 0.5) is 5.69 Å². The summed E-state index contributed by atoms with van der Waals surface area (Å²) in [6, 6.07) is 13.1. The Bertz CT molecular complexity index is 674. The van der Waals surface area contributed by atoms with E-state index in [2.05, 4.69) is 15.1 Å². The predicted octanol–water partition coefficient (Wildman–Crippen LogP) is 1.28. The molecule has 0 saturated carbocycles. The van der Waals surface area contributed by atoms with Gasteiger partial charge in [-0.25, -0.2) is 18.1 Å². The fourth-order valence-electron chi connectivity index (χ4n) is 1.93. The van der Waals surface area contributed by atoms with Crippen molar-refractivity contribution in [2.24, 2.45) is 5.84 Å². The molecule has 0 spiro atoms. The van der Waals surface area contributed by atoms with Gasteiger partial charge in [0.1, 0.15) is 0 Å². The second kappa shape index (κ2) is 7.16. The molecule has 0 aliphatic carbocycles. The molecule has 0 radical (unpaired) electrons. The molecule has 0 fully saturated rings. The molecule has 21 heavy (non-hydrogen) atoms. The van der Waals surface area contributed by atoms with Crippen LogP contribution in [0.15, 0.2) is 53.7 Å². The second-order valence-electron chi connectivity index (χ2n) is 4.49. The lowest BCUT2D eigenvalue weighted by molar-refractivity contribution is 0.575. The zero-order chi connectivity index (χ0) is 15.1. The molecule has 0 unspecified atom stereocenters. The molecule has 4 N–H and O–H groups in total. The first-order chi connectivity index (χ1) is 10.1. The van der Waals surface area contributed by atoms with Crippen LogP contribution in [0.1, 0.15) is 12.0 Å². The topological polar surface area (TPSA) is 97.1 Å². The van der Waals surface area contributed by atoms with E-state index >= 15 is 0 Å². The van der Waals surface area contributed by atoms with Crippen molar-refractivity contribution in [2.45, 2.75) is 17.9 Å². The lowest BCUT2D eigenvalue weighted by atomic mass is 10.1. The number of nitrogen functional groups attached to an aromatic ring is 1. The standard InChI is InChI=1S/C14H18N4O2S/c15-18-13-9-5-10-16-14(13)21(19,20)17-11-4-8-12-6-2-1-3-7-12/h1-3,5-7,9-10,17-18H,4,8,11,15H2. The van der Waals surface area contributed by atoms with Crippen LogP contribution in [0.3, 0.4) is 0 Å². The van der Waals surface area contributed by atoms with E-state index in [-0.39, 0.29) is 10.7 Å². The molecule has 1 aromatic carbocycles. The summed E-state index contributed by atoms with van der Waals surface area (Å²) in [7, 11) is -3.66. The van der Waals surface area contributed by atoms with Gasteiger partial charge in [0.2, 0.25) is 0 Å². The second-order valence-corrected chi connectivity index (χ2v) is 6.17. The van der Waals surface area contributed by atoms with Crippen molar-refractivity contribution in [1.82, 2.24) is 9.71 Å². The molecule has 0 atom stereocenters. The Labute approximate surface area is 124 Å². The van der Waals surface area contributed by atoms with Crippen LogP contribution in [0.2, 0.25) is 0 Å². The van der Waals surface area contributed by atoms with E-state index in [1.165, 1.54) is 11.8 Å². The Morgan fingerprint density at radius 1 is 1.10 bits per heavy atom. The lowest BCUT2D eigenvalue weighted by Crippen LogP contribution is -2.27. The first-order valence-corrected chi connectivity index (χ1v) is 8.07. The average molecular weight is 306 g/mol. The van der Waals surface area contributed by atoms with Crippen LogP contribution in [0.25, 0.3) is 0 Å². The van der Waals surface area contributed by atoms with E-state index in [1.807, 2.05) is 30.3 Å². The summed E-state index contributed by atoms with van der Waals surface area (Å²) in [6.45, 7) is 0.345. The third-order valence-corrected chi connectivity index (χ3v) is 4.38. The Morgan fingerprint density at radius 2 is 1.86 bits per heavy atom. The zero-order valence-corrected chi connectivity index (χ0v) is 12.3. The number of sulfonamides is 1. The van der Waals surface area contributed by atoms with Gasteiger partial charge in [0, 0.05) is 12.7 Å². The molecule has 6 nitrogen and oxygen atoms in total. The number of nitrogens with one attached hydrogen (secondary N) is 2. The fraction of sp³-hybridized carbons (Fsp3) is 0.214. The average Bonchev–Trinajstić information content (AvgIpc) is 2.52. The maximum atomic E-state index is 12.2. The number of nitrogens with zero attached hydrogens (tertiary/aromatic N) is 1. The minimum atomic E-state index is -3.66. The van der Waals surface area contributed by atoms with Gasteiger partial charge in [0.05, 0.1) is 5.69 Å². The molecule has 1 heterocycles. The number of aromatic nitrogens is 1. The summed E-state index contributed by atoms with van der Waals surface area (Å²) < 4.78 is 26.8. The van der Waals surface area contributed by atoms with Crippen molar-refractivity contribution >= 4 is 15.7 Å². The van der Waals surface area contributed by atoms with Crippen molar-refractivity contribution < 1.29 is 8.42 Å². The third kappa shape index (κ3) is 4.25. The summed E-state index contributed by atoms with van der Waals surface area (Å²) in [5.41, 5.74) is 3.79. The van der Waals surface area contributed by atoms with Crippen molar-refractivity contribution in [3.8, 4) is 0 Å². The molecule has 7 heteroatoms. The van der Waals surface area contributed by atoms with E-state index in [0.717, 1.165) is 6.42 Å². The molecule has 1 aromatic heterocycles. The van der Waals surface area contributed by atoms with E-state index in [0.29, 0.717) is 13.0 Å². The Morgan fingerprint density at radius 3 is 2.57 bits per heavy atom. The highest BCUT2D eigenvalue weighted by molar-refractivity contribution is 7.89. The van der Waals surface area contributed by atoms with Crippen molar-refractivity contribution in [2.75, 3.05) is 12.0 Å². The maximum absolute atomic E-state index is 12.2. The molecular weight excluding hydrogens is 288 g/mol. The number of rotatable bonds is 7. The summed E-state index contributed by atoms with van der Waals surface area (Å²) in [5.74, 6) is 5.30. The molecule has 2 rings (SSSR count). The van der Waals surface area contributed by atoms with Crippen molar-refractivity contribution in [3.63, 3.8) is 0 Å². The first kappa shape index (κ1) is 15.4. The van der Waals surface area contributed by atoms with Gasteiger partial charge in [-0.2, -0.15) is 0 Å². The van der Waals surface area contributed by atoms with Gasteiger partial charge in [-0.1, -0.05) is 30.3 Å². The summed E-state index contributed by atoms with van der Waals surface area (Å²) in [6.07, 6.45) is 2.94. The van der Waals surface area contributed by atoms with Gasteiger partial charge >= 0.3 is 0 Å². The molecule has 112 valence electrons. The molecule has 2 aromatic rings. The maximum Gasteiger partial charge on any atom is 0.260 e. The Balaban J connectivity index is 1.93. The van der Waals surface area contributed by atoms with Crippen LogP contribution in [0.5, 0.6) is 0 Å². The van der Waals surface area contributed by atoms with Crippen LogP contribution >= 0.6 is 0 Å². The van der Waals surface area contributed by atoms with Gasteiger partial charge in [0.15, 0.2) is 5.03 Å². The number of pyridine rings is 1. The molecule has 0 aliphatic rings. The van der Waals surface area contributed by atoms with Gasteiger partial charge in [-0.05, 0) is 30.5 Å². The Kier molecular flexibility index (Phi) is 5.26. The number of hydrazine groups is 1. The smallest absolute Gasteiger partial charge is 0.260 e. The van der Waals surface area contributed by atoms with Gasteiger partial charge < -0.3 is 5.43 Å². The zero-order valence-electron chi connectivity index (χ0n) is 11.5. The molecule has 0 bridgehead atoms. The summed E-state index contributed by atoms with van der Waals surface area (Å²) in [4.78, 5) is 3.87. The van der Waals surface area contributed by atoms with Crippen LogP contribution in [-0.2, 0) is 16.4 Å². The van der Waals surface area contributed by atoms with Gasteiger partial charge in [-0.3, -0.25) is 5.84 Å². The number of benzene rings is 1. The number of anilines is 1. The molecule has 0 amide bonds. The lowest BCUT2D eigenvalue weighted by Gasteiger charge is -2.09.